The molecule has 0 fully saturated rings. The summed E-state index contributed by atoms with van der Waals surface area (Å²) < 4.78 is 0. The van der Waals surface area contributed by atoms with Gasteiger partial charge in [0.15, 0.2) is 0 Å². The number of amides is 1. The van der Waals surface area contributed by atoms with Gasteiger partial charge in [-0.1, -0.05) is 103 Å². The highest BCUT2D eigenvalue weighted by Crippen LogP contribution is 2.32. The Labute approximate surface area is 210 Å². The minimum atomic E-state index is -0.0102. The average molecular weight is 477 g/mol. The number of hydrogen-bond acceptors (Lipinski definition) is 2. The Morgan fingerprint density at radius 2 is 1.29 bits per heavy atom. The Kier molecular flexibility index (Phi) is 6.60. The Morgan fingerprint density at radius 3 is 1.89 bits per heavy atom. The lowest BCUT2D eigenvalue weighted by atomic mass is 9.96. The fraction of sp³-hybridized carbons (Fsp3) is 0.0968. The van der Waals surface area contributed by atoms with Gasteiger partial charge in [-0.2, -0.15) is 0 Å². The molecule has 0 unspecified atom stereocenters. The molecule has 0 spiro atoms. The minimum absolute atomic E-state index is 0.0102. The highest BCUT2D eigenvalue weighted by molar-refractivity contribution is 6.30. The van der Waals surface area contributed by atoms with Gasteiger partial charge < -0.3 is 4.90 Å². The van der Waals surface area contributed by atoms with Crippen molar-refractivity contribution in [3.05, 3.63) is 136 Å². The summed E-state index contributed by atoms with van der Waals surface area (Å²) in [6.45, 7) is 3.02. The SMILES string of the molecule is Cc1c(-c2ccc(Cl)cc2)nc2ccccc2c1C(=O)N(Cc1ccccc1)Cc1ccccc1. The van der Waals surface area contributed by atoms with E-state index >= 15 is 0 Å². The molecule has 4 heteroatoms. The van der Waals surface area contributed by atoms with E-state index in [1.165, 1.54) is 0 Å². The third kappa shape index (κ3) is 4.96. The molecule has 0 aliphatic rings. The largest absolute Gasteiger partial charge is 0.330 e. The lowest BCUT2D eigenvalue weighted by Crippen LogP contribution is -2.31. The summed E-state index contributed by atoms with van der Waals surface area (Å²) in [7, 11) is 0. The summed E-state index contributed by atoms with van der Waals surface area (Å²) in [5.74, 6) is -0.0102. The number of benzene rings is 4. The van der Waals surface area contributed by atoms with E-state index in [2.05, 4.69) is 24.3 Å². The highest BCUT2D eigenvalue weighted by Gasteiger charge is 2.24. The molecule has 0 aliphatic carbocycles. The molecule has 172 valence electrons. The number of halogens is 1. The molecule has 0 N–H and O–H groups in total. The van der Waals surface area contributed by atoms with E-state index in [4.69, 9.17) is 16.6 Å². The van der Waals surface area contributed by atoms with Gasteiger partial charge in [0.2, 0.25) is 0 Å². The summed E-state index contributed by atoms with van der Waals surface area (Å²) in [5.41, 5.74) is 6.25. The summed E-state index contributed by atoms with van der Waals surface area (Å²) in [4.78, 5) is 21.2. The molecule has 4 aromatic carbocycles. The maximum absolute atomic E-state index is 14.3. The van der Waals surface area contributed by atoms with E-state index in [0.717, 1.165) is 38.9 Å². The maximum Gasteiger partial charge on any atom is 0.255 e. The number of aromatic nitrogens is 1. The van der Waals surface area contributed by atoms with Crippen LogP contribution in [0.25, 0.3) is 22.2 Å². The first kappa shape index (κ1) is 22.8. The molecule has 5 rings (SSSR count). The molecule has 3 nitrogen and oxygen atoms in total. The molecule has 1 heterocycles. The quantitative estimate of drug-likeness (QED) is 0.251. The normalized spacial score (nSPS) is 10.9. The molecule has 0 saturated heterocycles. The summed E-state index contributed by atoms with van der Waals surface area (Å²) in [5, 5.41) is 1.53. The number of carbonyl (C=O) groups excluding carboxylic acids is 1. The Bertz CT molecular complexity index is 1420. The third-order valence-electron chi connectivity index (χ3n) is 6.19. The predicted octanol–water partition coefficient (Wildman–Crippen LogP) is 7.71. The summed E-state index contributed by atoms with van der Waals surface area (Å²) >= 11 is 6.13. The van der Waals surface area contributed by atoms with Crippen molar-refractivity contribution in [2.75, 3.05) is 0 Å². The molecular formula is C31H25ClN2O. The van der Waals surface area contributed by atoms with Crippen LogP contribution < -0.4 is 0 Å². The minimum Gasteiger partial charge on any atom is -0.330 e. The maximum atomic E-state index is 14.3. The number of rotatable bonds is 6. The van der Waals surface area contributed by atoms with Crippen LogP contribution in [0.5, 0.6) is 0 Å². The van der Waals surface area contributed by atoms with Crippen LogP contribution in [0.15, 0.2) is 109 Å². The van der Waals surface area contributed by atoms with Gasteiger partial charge in [0.25, 0.3) is 5.91 Å². The smallest absolute Gasteiger partial charge is 0.255 e. The molecule has 0 saturated carbocycles. The second-order valence-corrected chi connectivity index (χ2v) is 9.05. The van der Waals surface area contributed by atoms with Crippen molar-refractivity contribution in [3.63, 3.8) is 0 Å². The van der Waals surface area contributed by atoms with Crippen molar-refractivity contribution < 1.29 is 4.79 Å². The van der Waals surface area contributed by atoms with E-state index < -0.39 is 0 Å². The van der Waals surface area contributed by atoms with Gasteiger partial charge in [-0.3, -0.25) is 4.79 Å². The fourth-order valence-electron chi connectivity index (χ4n) is 4.44. The van der Waals surface area contributed by atoms with Crippen LogP contribution in [0.1, 0.15) is 27.0 Å². The van der Waals surface area contributed by atoms with Crippen molar-refractivity contribution in [1.82, 2.24) is 9.88 Å². The van der Waals surface area contributed by atoms with Crippen molar-refractivity contribution in [3.8, 4) is 11.3 Å². The van der Waals surface area contributed by atoms with Gasteiger partial charge in [0.1, 0.15) is 0 Å². The Balaban J connectivity index is 1.64. The lowest BCUT2D eigenvalue weighted by molar-refractivity contribution is 0.0731. The van der Waals surface area contributed by atoms with Crippen LogP contribution in [0, 0.1) is 6.92 Å². The highest BCUT2D eigenvalue weighted by atomic mass is 35.5. The molecular weight excluding hydrogens is 452 g/mol. The molecule has 0 radical (unpaired) electrons. The van der Waals surface area contributed by atoms with Crippen LogP contribution >= 0.6 is 11.6 Å². The van der Waals surface area contributed by atoms with Gasteiger partial charge in [0.05, 0.1) is 16.8 Å². The first-order valence-corrected chi connectivity index (χ1v) is 12.0. The molecule has 1 aromatic heterocycles. The number of para-hydroxylation sites is 1. The molecule has 0 bridgehead atoms. The van der Waals surface area contributed by atoms with Gasteiger partial charge in [-0.15, -0.1) is 0 Å². The lowest BCUT2D eigenvalue weighted by Gasteiger charge is -2.25. The second-order valence-electron chi connectivity index (χ2n) is 8.62. The zero-order chi connectivity index (χ0) is 24.2. The van der Waals surface area contributed by atoms with E-state index in [9.17, 15) is 4.79 Å². The first-order chi connectivity index (χ1) is 17.1. The van der Waals surface area contributed by atoms with E-state index in [-0.39, 0.29) is 5.91 Å². The molecule has 5 aromatic rings. The number of pyridine rings is 1. The zero-order valence-corrected chi connectivity index (χ0v) is 20.2. The topological polar surface area (TPSA) is 33.2 Å². The van der Waals surface area contributed by atoms with Crippen LogP contribution in [0.4, 0.5) is 0 Å². The number of nitrogens with zero attached hydrogens (tertiary/aromatic N) is 2. The Hall–Kier alpha value is -3.95. The van der Waals surface area contributed by atoms with Crippen LogP contribution in [0.2, 0.25) is 5.02 Å². The van der Waals surface area contributed by atoms with Crippen LogP contribution in [0.3, 0.4) is 0 Å². The fourth-order valence-corrected chi connectivity index (χ4v) is 4.56. The summed E-state index contributed by atoms with van der Waals surface area (Å²) in [6, 6.07) is 35.7. The van der Waals surface area contributed by atoms with Crippen molar-refractivity contribution >= 4 is 28.4 Å². The van der Waals surface area contributed by atoms with Crippen LogP contribution in [-0.2, 0) is 13.1 Å². The summed E-state index contributed by atoms with van der Waals surface area (Å²) in [6.07, 6.45) is 0. The number of fused-ring (bicyclic) bond motifs is 1. The third-order valence-corrected chi connectivity index (χ3v) is 6.44. The standard InChI is InChI=1S/C31H25ClN2O/c1-22-29(27-14-8-9-15-28(27)33-30(22)25-16-18-26(32)19-17-25)31(35)34(20-23-10-4-2-5-11-23)21-24-12-6-3-7-13-24/h2-19H,20-21H2,1H3. The monoisotopic (exact) mass is 476 g/mol. The molecule has 1 amide bonds. The number of carbonyl (C=O) groups is 1. The van der Waals surface area contributed by atoms with Crippen molar-refractivity contribution in [1.29, 1.82) is 0 Å². The molecule has 0 atom stereocenters. The predicted molar refractivity (Wildman–Crippen MR) is 143 cm³/mol. The van der Waals surface area contributed by atoms with Gasteiger partial charge in [0, 0.05) is 29.1 Å². The molecule has 0 aliphatic heterocycles. The molecule has 35 heavy (non-hydrogen) atoms. The Morgan fingerprint density at radius 1 is 0.743 bits per heavy atom. The second kappa shape index (κ2) is 10.1. The van der Waals surface area contributed by atoms with E-state index in [1.54, 1.807) is 0 Å². The van der Waals surface area contributed by atoms with E-state index in [0.29, 0.717) is 23.7 Å². The zero-order valence-electron chi connectivity index (χ0n) is 19.5. The van der Waals surface area contributed by atoms with Gasteiger partial charge in [-0.25, -0.2) is 4.98 Å². The van der Waals surface area contributed by atoms with Crippen molar-refractivity contribution in [2.45, 2.75) is 20.0 Å². The average Bonchev–Trinajstić information content (AvgIpc) is 2.89. The first-order valence-electron chi connectivity index (χ1n) is 11.6. The van der Waals surface area contributed by atoms with Gasteiger partial charge >= 0.3 is 0 Å². The van der Waals surface area contributed by atoms with Gasteiger partial charge in [-0.05, 0) is 41.8 Å². The van der Waals surface area contributed by atoms with Crippen LogP contribution in [-0.4, -0.2) is 15.8 Å². The van der Waals surface area contributed by atoms with E-state index in [1.807, 2.05) is 96.8 Å². The number of hydrogen-bond donors (Lipinski definition) is 0. The van der Waals surface area contributed by atoms with Crippen molar-refractivity contribution in [2.24, 2.45) is 0 Å².